The van der Waals surface area contributed by atoms with Gasteiger partial charge in [0.25, 0.3) is 0 Å². The average Bonchev–Trinajstić information content (AvgIpc) is 3.50. The first kappa shape index (κ1) is 20.2. The molecular weight excluding hydrogens is 421 g/mol. The van der Waals surface area contributed by atoms with Crippen LogP contribution in [0.25, 0.3) is 11.1 Å². The molecule has 1 unspecified atom stereocenters. The molecule has 1 atom stereocenters. The highest BCUT2D eigenvalue weighted by Gasteiger charge is 2.58. The third-order valence-corrected chi connectivity index (χ3v) is 6.94. The van der Waals surface area contributed by atoms with Crippen LogP contribution in [0.5, 0.6) is 11.5 Å². The Bertz CT molecular complexity index is 1260. The lowest BCUT2D eigenvalue weighted by Gasteiger charge is -2.24. The molecule has 0 N–H and O–H groups in total. The first-order valence-corrected chi connectivity index (χ1v) is 11.4. The molecule has 33 heavy (non-hydrogen) atoms. The number of benzene rings is 3. The van der Waals surface area contributed by atoms with Crippen molar-refractivity contribution in [3.05, 3.63) is 77.1 Å². The van der Waals surface area contributed by atoms with Crippen molar-refractivity contribution in [2.75, 3.05) is 18.1 Å². The van der Waals surface area contributed by atoms with Gasteiger partial charge in [-0.05, 0) is 47.9 Å². The Morgan fingerprint density at radius 2 is 1.91 bits per heavy atom. The van der Waals surface area contributed by atoms with Crippen LogP contribution in [0.4, 0.5) is 10.1 Å². The number of unbranched alkanes of at least 4 members (excludes halogenated alkanes) is 2. The van der Waals surface area contributed by atoms with Gasteiger partial charge < -0.3 is 14.5 Å². The number of hydrogen-bond acceptors (Lipinski definition) is 4. The monoisotopic (exact) mass is 445 g/mol. The Labute approximate surface area is 191 Å². The zero-order chi connectivity index (χ0) is 22.6. The van der Waals surface area contributed by atoms with Crippen molar-refractivity contribution in [2.24, 2.45) is 0 Å². The summed E-state index contributed by atoms with van der Waals surface area (Å²) in [4.78, 5) is 26.6. The summed E-state index contributed by atoms with van der Waals surface area (Å²) in [5.41, 5.74) is 4.30. The number of nitrogens with zero attached hydrogens (tertiary/aromatic N) is 1. The van der Waals surface area contributed by atoms with E-state index in [0.717, 1.165) is 52.8 Å². The van der Waals surface area contributed by atoms with Crippen LogP contribution in [0.3, 0.4) is 0 Å². The molecule has 0 radical (unpaired) electrons. The molecule has 3 aromatic rings. The predicted molar refractivity (Wildman–Crippen MR) is 122 cm³/mol. The van der Waals surface area contributed by atoms with Crippen LogP contribution in [-0.2, 0) is 21.7 Å². The van der Waals surface area contributed by atoms with Crippen LogP contribution in [-0.4, -0.2) is 19.1 Å². The Kier molecular flexibility index (Phi) is 4.66. The molecule has 0 saturated carbocycles. The number of amides is 1. The SMILES string of the molecule is CCCCCN1C(=O)C2(COc3cc4c(cc32)OOC4)c2c(-c3ccc(F)cc3)cccc21. The van der Waals surface area contributed by atoms with E-state index < -0.39 is 5.41 Å². The lowest BCUT2D eigenvalue weighted by Crippen LogP contribution is -2.43. The Balaban J connectivity index is 1.58. The van der Waals surface area contributed by atoms with Gasteiger partial charge in [0.1, 0.15) is 30.2 Å². The molecule has 3 heterocycles. The van der Waals surface area contributed by atoms with Gasteiger partial charge in [0.15, 0.2) is 5.75 Å². The highest BCUT2D eigenvalue weighted by molar-refractivity contribution is 6.13. The molecule has 3 aromatic carbocycles. The molecule has 0 aliphatic carbocycles. The van der Waals surface area contributed by atoms with Gasteiger partial charge in [0.05, 0.1) is 0 Å². The van der Waals surface area contributed by atoms with E-state index in [9.17, 15) is 9.18 Å². The molecule has 0 fully saturated rings. The van der Waals surface area contributed by atoms with E-state index in [2.05, 4.69) is 6.92 Å². The summed E-state index contributed by atoms with van der Waals surface area (Å²) >= 11 is 0. The zero-order valence-electron chi connectivity index (χ0n) is 18.4. The highest BCUT2D eigenvalue weighted by atomic mass is 19.1. The summed E-state index contributed by atoms with van der Waals surface area (Å²) in [6, 6.07) is 16.2. The third kappa shape index (κ3) is 2.90. The van der Waals surface area contributed by atoms with Crippen molar-refractivity contribution in [2.45, 2.75) is 38.2 Å². The minimum absolute atomic E-state index is 0.0146. The second-order valence-electron chi connectivity index (χ2n) is 8.87. The van der Waals surface area contributed by atoms with E-state index in [1.165, 1.54) is 12.1 Å². The summed E-state index contributed by atoms with van der Waals surface area (Å²) in [7, 11) is 0. The van der Waals surface area contributed by atoms with Crippen molar-refractivity contribution in [3.63, 3.8) is 0 Å². The molecule has 3 aliphatic heterocycles. The van der Waals surface area contributed by atoms with Gasteiger partial charge in [-0.2, -0.15) is 4.89 Å². The second kappa shape index (κ2) is 7.59. The fourth-order valence-corrected chi connectivity index (χ4v) is 5.32. The number of ether oxygens (including phenoxy) is 1. The predicted octanol–water partition coefficient (Wildman–Crippen LogP) is 5.53. The van der Waals surface area contributed by atoms with Crippen LogP contribution >= 0.6 is 0 Å². The lowest BCUT2D eigenvalue weighted by atomic mass is 9.74. The second-order valence-corrected chi connectivity index (χ2v) is 8.87. The number of carbonyl (C=O) groups is 1. The van der Waals surface area contributed by atoms with Crippen molar-refractivity contribution in [1.29, 1.82) is 0 Å². The third-order valence-electron chi connectivity index (χ3n) is 6.94. The van der Waals surface area contributed by atoms with Crippen molar-refractivity contribution in [1.82, 2.24) is 0 Å². The summed E-state index contributed by atoms with van der Waals surface area (Å²) in [6.07, 6.45) is 3.05. The maximum absolute atomic E-state index is 14.2. The molecule has 6 heteroatoms. The van der Waals surface area contributed by atoms with E-state index >= 15 is 0 Å². The number of rotatable bonds is 5. The molecule has 3 aliphatic rings. The van der Waals surface area contributed by atoms with Gasteiger partial charge in [0, 0.05) is 28.9 Å². The van der Waals surface area contributed by atoms with Gasteiger partial charge in [-0.15, -0.1) is 0 Å². The smallest absolute Gasteiger partial charge is 0.245 e. The Hall–Kier alpha value is -3.38. The largest absolute Gasteiger partial charge is 0.491 e. The summed E-state index contributed by atoms with van der Waals surface area (Å²) in [5, 5.41) is 0. The minimum atomic E-state index is -0.983. The quantitative estimate of drug-likeness (QED) is 0.383. The topological polar surface area (TPSA) is 48.0 Å². The highest BCUT2D eigenvalue weighted by Crippen LogP contribution is 2.56. The molecule has 0 saturated heterocycles. The molecule has 1 amide bonds. The first-order chi connectivity index (χ1) is 16.1. The first-order valence-electron chi connectivity index (χ1n) is 11.4. The molecule has 168 valence electrons. The summed E-state index contributed by atoms with van der Waals surface area (Å²) < 4.78 is 19.8. The standard InChI is InChI=1S/C27H24FNO4/c1-2-3-4-12-29-22-7-5-6-20(17-8-10-19(28)11-9-17)25(22)27(26(29)30)16-31-24-13-18-15-32-33-23(18)14-21(24)27/h5-11,13-14H,2-4,12,15-16H2,1H3. The van der Waals surface area contributed by atoms with E-state index in [4.69, 9.17) is 14.5 Å². The molecular formula is C27H24FNO4. The fourth-order valence-electron chi connectivity index (χ4n) is 5.32. The summed E-state index contributed by atoms with van der Waals surface area (Å²) in [6.45, 7) is 3.37. The minimum Gasteiger partial charge on any atom is -0.491 e. The molecule has 0 bridgehead atoms. The molecule has 0 aromatic heterocycles. The van der Waals surface area contributed by atoms with Gasteiger partial charge >= 0.3 is 0 Å². The lowest BCUT2D eigenvalue weighted by molar-refractivity contribution is -0.194. The average molecular weight is 445 g/mol. The number of carbonyl (C=O) groups excluding carboxylic acids is 1. The van der Waals surface area contributed by atoms with Gasteiger partial charge in [-0.3, -0.25) is 4.79 Å². The van der Waals surface area contributed by atoms with E-state index in [1.54, 1.807) is 12.1 Å². The van der Waals surface area contributed by atoms with Crippen molar-refractivity contribution < 1.29 is 23.7 Å². The van der Waals surface area contributed by atoms with Crippen LogP contribution in [0, 0.1) is 5.82 Å². The number of hydrogen-bond donors (Lipinski definition) is 0. The van der Waals surface area contributed by atoms with Gasteiger partial charge in [0.2, 0.25) is 5.91 Å². The Morgan fingerprint density at radius 1 is 1.06 bits per heavy atom. The molecule has 1 spiro atoms. The van der Waals surface area contributed by atoms with Crippen molar-refractivity contribution >= 4 is 11.6 Å². The van der Waals surface area contributed by atoms with Crippen LogP contribution in [0.2, 0.25) is 0 Å². The molecule has 6 rings (SSSR count). The maximum Gasteiger partial charge on any atom is 0.245 e. The van der Waals surface area contributed by atoms with Gasteiger partial charge in [-0.1, -0.05) is 44.0 Å². The number of halogens is 1. The van der Waals surface area contributed by atoms with E-state index in [-0.39, 0.29) is 18.3 Å². The van der Waals surface area contributed by atoms with Crippen molar-refractivity contribution in [3.8, 4) is 22.6 Å². The molecule has 5 nitrogen and oxygen atoms in total. The van der Waals surface area contributed by atoms with Crippen LogP contribution < -0.4 is 14.5 Å². The van der Waals surface area contributed by atoms with E-state index in [1.807, 2.05) is 35.2 Å². The zero-order valence-corrected chi connectivity index (χ0v) is 18.4. The fraction of sp³-hybridized carbons (Fsp3) is 0.296. The van der Waals surface area contributed by atoms with Crippen LogP contribution in [0.1, 0.15) is 42.9 Å². The number of fused-ring (bicyclic) bond motifs is 5. The van der Waals surface area contributed by atoms with Crippen LogP contribution in [0.15, 0.2) is 54.6 Å². The normalized spacial score (nSPS) is 19.9. The number of anilines is 1. The van der Waals surface area contributed by atoms with E-state index in [0.29, 0.717) is 24.7 Å². The van der Waals surface area contributed by atoms with Gasteiger partial charge in [-0.25, -0.2) is 4.39 Å². The summed E-state index contributed by atoms with van der Waals surface area (Å²) in [5.74, 6) is 1.03. The Morgan fingerprint density at radius 3 is 2.73 bits per heavy atom. The maximum atomic E-state index is 14.2.